The van der Waals surface area contributed by atoms with Crippen LogP contribution in [0.25, 0.3) is 0 Å². The molecule has 3 rings (SSSR count). The number of likely N-dealkylation sites (tertiary alicyclic amines) is 1. The molecular weight excluding hydrogens is 531 g/mol. The second-order valence-corrected chi connectivity index (χ2v) is 9.77. The normalized spacial score (nSPS) is 18.4. The van der Waals surface area contributed by atoms with Crippen molar-refractivity contribution in [2.75, 3.05) is 32.7 Å². The van der Waals surface area contributed by atoms with Gasteiger partial charge >= 0.3 is 18.1 Å². The van der Waals surface area contributed by atoms with Gasteiger partial charge in [-0.2, -0.15) is 13.2 Å². The molecule has 2 atom stereocenters. The highest BCUT2D eigenvalue weighted by Crippen LogP contribution is 2.21. The number of terminal acetylenes is 1. The molecule has 0 radical (unpaired) electrons. The lowest BCUT2D eigenvalue weighted by atomic mass is 9.92. The van der Waals surface area contributed by atoms with E-state index in [9.17, 15) is 27.6 Å². The minimum absolute atomic E-state index is 0.0309. The molecule has 2 saturated heterocycles. The van der Waals surface area contributed by atoms with E-state index >= 15 is 0 Å². The number of halogens is 3. The van der Waals surface area contributed by atoms with Crippen molar-refractivity contribution in [3.8, 4) is 12.3 Å². The number of carbonyl (C=O) groups excluding carboxylic acids is 3. The van der Waals surface area contributed by atoms with Crippen LogP contribution in [-0.4, -0.2) is 72.7 Å². The fourth-order valence-electron chi connectivity index (χ4n) is 4.46. The fourth-order valence-corrected chi connectivity index (χ4v) is 4.46. The number of hydrogen-bond donors (Lipinski definition) is 3. The van der Waals surface area contributed by atoms with Crippen LogP contribution in [0.15, 0.2) is 30.3 Å². The Morgan fingerprint density at radius 3 is 2.40 bits per heavy atom. The van der Waals surface area contributed by atoms with E-state index in [1.54, 1.807) is 0 Å². The zero-order valence-electron chi connectivity index (χ0n) is 22.3. The summed E-state index contributed by atoms with van der Waals surface area (Å²) in [6.07, 6.45) is 5.67. The zero-order chi connectivity index (χ0) is 29.5. The maximum atomic E-state index is 12.7. The molecule has 0 aromatic heterocycles. The molecule has 12 heteroatoms. The van der Waals surface area contributed by atoms with E-state index in [1.807, 2.05) is 35.2 Å². The molecule has 0 unspecified atom stereocenters. The van der Waals surface area contributed by atoms with Gasteiger partial charge in [0.25, 0.3) is 0 Å². The highest BCUT2D eigenvalue weighted by atomic mass is 19.4. The van der Waals surface area contributed by atoms with Crippen LogP contribution in [0.1, 0.15) is 44.1 Å². The molecule has 2 amide bonds. The average molecular weight is 568 g/mol. The minimum Gasteiger partial charge on any atom is -0.475 e. The number of benzene rings is 1. The van der Waals surface area contributed by atoms with Gasteiger partial charge in [0.1, 0.15) is 12.5 Å². The molecule has 2 fully saturated rings. The van der Waals surface area contributed by atoms with E-state index in [2.05, 4.69) is 16.6 Å². The number of hydrogen-bond acceptors (Lipinski definition) is 6. The molecule has 2 aliphatic heterocycles. The Bertz CT molecular complexity index is 1020. The molecule has 1 aromatic carbocycles. The number of nitrogens with one attached hydrogen (secondary N) is 2. The summed E-state index contributed by atoms with van der Waals surface area (Å²) in [6.45, 7) is 3.36. The molecule has 220 valence electrons. The van der Waals surface area contributed by atoms with Gasteiger partial charge in [0.2, 0.25) is 11.8 Å². The molecule has 9 nitrogen and oxygen atoms in total. The number of esters is 1. The minimum atomic E-state index is -5.08. The van der Waals surface area contributed by atoms with Crippen LogP contribution in [0.4, 0.5) is 13.2 Å². The molecule has 2 aliphatic rings. The standard InChI is InChI=1S/C26H35N3O4.C2HF3O2/c1-2-22(26(32)33-19-21-7-4-3-5-8-21)17-28-25(31)23-9-6-16-29(18-23)24(30)11-10-20-12-14-27-15-13-20;3-2(4,5)1(6)7/h1,3-5,7-8,20,22-23,27H,6,9-19H2,(H,28,31);(H,6,7)/t22-,23+;/m0./s1. The van der Waals surface area contributed by atoms with E-state index in [4.69, 9.17) is 21.1 Å². The number of carboxylic acids is 1. The zero-order valence-corrected chi connectivity index (χ0v) is 22.3. The lowest BCUT2D eigenvalue weighted by Gasteiger charge is -2.33. The first kappa shape index (κ1) is 32.6. The van der Waals surface area contributed by atoms with Crippen LogP contribution in [0, 0.1) is 30.1 Å². The maximum absolute atomic E-state index is 12.7. The molecule has 3 N–H and O–H groups in total. The smallest absolute Gasteiger partial charge is 0.475 e. The van der Waals surface area contributed by atoms with E-state index in [-0.39, 0.29) is 30.9 Å². The Kier molecular flexibility index (Phi) is 13.5. The Morgan fingerprint density at radius 2 is 1.80 bits per heavy atom. The van der Waals surface area contributed by atoms with Gasteiger partial charge in [-0.15, -0.1) is 6.42 Å². The Labute approximate surface area is 231 Å². The maximum Gasteiger partial charge on any atom is 0.490 e. The number of ether oxygens (including phenoxy) is 1. The number of nitrogens with zero attached hydrogens (tertiary/aromatic N) is 1. The Morgan fingerprint density at radius 1 is 1.15 bits per heavy atom. The summed E-state index contributed by atoms with van der Waals surface area (Å²) in [5.74, 6) is -1.41. The number of carboxylic acid groups (broad SMARTS) is 1. The van der Waals surface area contributed by atoms with Crippen molar-refractivity contribution in [3.63, 3.8) is 0 Å². The third-order valence-electron chi connectivity index (χ3n) is 6.80. The number of piperidine rings is 2. The summed E-state index contributed by atoms with van der Waals surface area (Å²) in [5.41, 5.74) is 0.873. The van der Waals surface area contributed by atoms with Gasteiger partial charge in [-0.25, -0.2) is 4.79 Å². The summed E-state index contributed by atoms with van der Waals surface area (Å²) in [6, 6.07) is 9.35. The van der Waals surface area contributed by atoms with Crippen LogP contribution in [-0.2, 0) is 30.5 Å². The summed E-state index contributed by atoms with van der Waals surface area (Å²) in [5, 5.41) is 13.3. The van der Waals surface area contributed by atoms with Crippen molar-refractivity contribution >= 4 is 23.8 Å². The second-order valence-electron chi connectivity index (χ2n) is 9.77. The van der Waals surface area contributed by atoms with E-state index in [0.29, 0.717) is 25.4 Å². The molecule has 2 heterocycles. The van der Waals surface area contributed by atoms with Crippen LogP contribution in [0.5, 0.6) is 0 Å². The molecule has 1 aromatic rings. The topological polar surface area (TPSA) is 125 Å². The summed E-state index contributed by atoms with van der Waals surface area (Å²) >= 11 is 0. The average Bonchev–Trinajstić information content (AvgIpc) is 2.96. The largest absolute Gasteiger partial charge is 0.490 e. The predicted molar refractivity (Wildman–Crippen MR) is 139 cm³/mol. The first-order chi connectivity index (χ1) is 19.0. The summed E-state index contributed by atoms with van der Waals surface area (Å²) in [4.78, 5) is 48.4. The van der Waals surface area contributed by atoms with Crippen LogP contribution < -0.4 is 10.6 Å². The van der Waals surface area contributed by atoms with Crippen molar-refractivity contribution in [1.29, 1.82) is 0 Å². The van der Waals surface area contributed by atoms with E-state index < -0.39 is 24.0 Å². The third kappa shape index (κ3) is 11.7. The van der Waals surface area contributed by atoms with Crippen molar-refractivity contribution in [3.05, 3.63) is 35.9 Å². The Hall–Kier alpha value is -3.59. The number of carbonyl (C=O) groups is 4. The molecular formula is C28H36F3N3O6. The van der Waals surface area contributed by atoms with E-state index in [0.717, 1.165) is 50.8 Å². The van der Waals surface area contributed by atoms with Gasteiger partial charge in [0.15, 0.2) is 0 Å². The molecule has 40 heavy (non-hydrogen) atoms. The van der Waals surface area contributed by atoms with E-state index in [1.165, 1.54) is 0 Å². The van der Waals surface area contributed by atoms with Crippen molar-refractivity contribution in [2.24, 2.45) is 17.8 Å². The van der Waals surface area contributed by atoms with Gasteiger partial charge in [-0.05, 0) is 56.7 Å². The SMILES string of the molecule is C#C[C@@H](CNC(=O)[C@@H]1CCCN(C(=O)CCC2CCNCC2)C1)C(=O)OCc1ccccc1.O=C(O)C(F)(F)F. The predicted octanol–water partition coefficient (Wildman–Crippen LogP) is 2.75. The van der Waals surface area contributed by atoms with Crippen LogP contribution in [0.2, 0.25) is 0 Å². The summed E-state index contributed by atoms with van der Waals surface area (Å²) < 4.78 is 37.0. The van der Waals surface area contributed by atoms with Crippen LogP contribution in [0.3, 0.4) is 0 Å². The van der Waals surface area contributed by atoms with Gasteiger partial charge in [-0.1, -0.05) is 36.3 Å². The second kappa shape index (κ2) is 16.5. The van der Waals surface area contributed by atoms with Gasteiger partial charge in [0, 0.05) is 26.1 Å². The van der Waals surface area contributed by atoms with Crippen LogP contribution >= 0.6 is 0 Å². The number of aliphatic carboxylic acids is 1. The third-order valence-corrected chi connectivity index (χ3v) is 6.80. The molecule has 0 aliphatic carbocycles. The fraction of sp³-hybridized carbons (Fsp3) is 0.571. The molecule has 0 bridgehead atoms. The first-order valence-corrected chi connectivity index (χ1v) is 13.2. The number of amides is 2. The van der Waals surface area contributed by atoms with Gasteiger partial charge in [0.05, 0.1) is 5.92 Å². The first-order valence-electron chi connectivity index (χ1n) is 13.2. The highest BCUT2D eigenvalue weighted by molar-refractivity contribution is 5.82. The quantitative estimate of drug-likeness (QED) is 0.310. The lowest BCUT2D eigenvalue weighted by molar-refractivity contribution is -0.192. The van der Waals surface area contributed by atoms with Gasteiger partial charge < -0.3 is 25.4 Å². The van der Waals surface area contributed by atoms with Crippen molar-refractivity contribution < 1.29 is 42.2 Å². The summed E-state index contributed by atoms with van der Waals surface area (Å²) in [7, 11) is 0. The molecule has 0 spiro atoms. The monoisotopic (exact) mass is 567 g/mol. The highest BCUT2D eigenvalue weighted by Gasteiger charge is 2.38. The van der Waals surface area contributed by atoms with Gasteiger partial charge in [-0.3, -0.25) is 14.4 Å². The Balaban J connectivity index is 0.000000708. The number of alkyl halides is 3. The molecule has 0 saturated carbocycles. The van der Waals surface area contributed by atoms with Crippen molar-refractivity contribution in [2.45, 2.75) is 51.3 Å². The lowest BCUT2D eigenvalue weighted by Crippen LogP contribution is -2.46. The number of rotatable bonds is 9. The van der Waals surface area contributed by atoms with Crippen molar-refractivity contribution in [1.82, 2.24) is 15.5 Å².